The minimum atomic E-state index is -3.54. The van der Waals surface area contributed by atoms with E-state index in [1.54, 1.807) is 6.20 Å². The molecule has 164 valence electrons. The van der Waals surface area contributed by atoms with Gasteiger partial charge in [-0.2, -0.15) is 9.29 Å². The molecule has 0 N–H and O–H groups in total. The molecule has 1 aromatic heterocycles. The fraction of sp³-hybridized carbons (Fsp3) is 0.684. The van der Waals surface area contributed by atoms with Crippen molar-refractivity contribution in [2.24, 2.45) is 0 Å². The highest BCUT2D eigenvalue weighted by molar-refractivity contribution is 7.89. The van der Waals surface area contributed by atoms with E-state index in [1.807, 2.05) is 6.07 Å². The van der Waals surface area contributed by atoms with Gasteiger partial charge in [-0.05, 0) is 25.3 Å². The molecule has 0 bridgehead atoms. The Morgan fingerprint density at radius 3 is 2.20 bits per heavy atom. The van der Waals surface area contributed by atoms with Crippen LogP contribution in [0.15, 0.2) is 12.3 Å². The molecule has 0 unspecified atom stereocenters. The molecule has 0 saturated carbocycles. The van der Waals surface area contributed by atoms with E-state index >= 15 is 0 Å². The van der Waals surface area contributed by atoms with E-state index in [4.69, 9.17) is 0 Å². The third-order valence-electron chi connectivity index (χ3n) is 5.93. The maximum atomic E-state index is 12.7. The molecule has 0 aliphatic carbocycles. The predicted octanol–water partition coefficient (Wildman–Crippen LogP) is 0.0677. The minimum absolute atomic E-state index is 0.0642. The van der Waals surface area contributed by atoms with E-state index in [2.05, 4.69) is 19.8 Å². The summed E-state index contributed by atoms with van der Waals surface area (Å²) in [5.74, 6) is 0.772. The molecular formula is C19H28N6O4S. The molecule has 10 nitrogen and oxygen atoms in total. The molecule has 30 heavy (non-hydrogen) atoms. The van der Waals surface area contributed by atoms with Crippen molar-refractivity contribution in [1.29, 1.82) is 0 Å². The van der Waals surface area contributed by atoms with Gasteiger partial charge in [-0.3, -0.25) is 14.5 Å². The van der Waals surface area contributed by atoms with Gasteiger partial charge in [0.2, 0.25) is 27.8 Å². The van der Waals surface area contributed by atoms with Crippen molar-refractivity contribution in [1.82, 2.24) is 19.2 Å². The van der Waals surface area contributed by atoms with Crippen LogP contribution in [0.3, 0.4) is 0 Å². The van der Waals surface area contributed by atoms with E-state index in [1.165, 1.54) is 4.31 Å². The molecule has 3 aliphatic heterocycles. The van der Waals surface area contributed by atoms with E-state index in [0.29, 0.717) is 45.4 Å². The summed E-state index contributed by atoms with van der Waals surface area (Å²) in [6.07, 6.45) is 5.22. The van der Waals surface area contributed by atoms with Crippen LogP contribution < -0.4 is 9.80 Å². The number of piperidine rings is 1. The lowest BCUT2D eigenvalue weighted by Gasteiger charge is -2.35. The first-order valence-electron chi connectivity index (χ1n) is 10.6. The Kier molecular flexibility index (Phi) is 6.19. The summed E-state index contributed by atoms with van der Waals surface area (Å²) in [7, 11) is -3.54. The van der Waals surface area contributed by atoms with Crippen LogP contribution in [-0.4, -0.2) is 91.0 Å². The summed E-state index contributed by atoms with van der Waals surface area (Å²) < 4.78 is 26.9. The van der Waals surface area contributed by atoms with Crippen molar-refractivity contribution in [2.75, 3.05) is 61.4 Å². The quantitative estimate of drug-likeness (QED) is 0.577. The number of likely N-dealkylation sites (tertiary alicyclic amines) is 1. The Bertz CT molecular complexity index is 878. The van der Waals surface area contributed by atoms with Crippen LogP contribution in [0.4, 0.5) is 11.8 Å². The Hall–Kier alpha value is -2.27. The molecule has 0 atom stereocenters. The molecule has 1 aromatic rings. The first-order valence-corrected chi connectivity index (χ1v) is 12.2. The lowest BCUT2D eigenvalue weighted by atomic mass is 10.1. The summed E-state index contributed by atoms with van der Waals surface area (Å²) in [6.45, 7) is 3.66. The Labute approximate surface area is 176 Å². The number of aromatic nitrogens is 2. The number of carbonyl (C=O) groups excluding carboxylic acids is 2. The molecule has 0 radical (unpaired) electrons. The maximum absolute atomic E-state index is 12.7. The van der Waals surface area contributed by atoms with E-state index in [9.17, 15) is 18.0 Å². The predicted molar refractivity (Wildman–Crippen MR) is 112 cm³/mol. The number of rotatable bonds is 6. The van der Waals surface area contributed by atoms with Gasteiger partial charge in [-0.25, -0.2) is 13.4 Å². The summed E-state index contributed by atoms with van der Waals surface area (Å²) in [5.41, 5.74) is 0. The van der Waals surface area contributed by atoms with Crippen LogP contribution in [0.5, 0.6) is 0 Å². The number of carbonyl (C=O) groups is 2. The SMILES string of the molecule is O=C1CCCC(=O)N1CCS(=O)(=O)N1CCN(c2ccnc(N3CCCC3)n2)CC1. The number of nitrogens with zero attached hydrogens (tertiary/aromatic N) is 6. The average molecular weight is 437 g/mol. The van der Waals surface area contributed by atoms with Crippen molar-refractivity contribution in [3.63, 3.8) is 0 Å². The number of imide groups is 1. The number of amides is 2. The van der Waals surface area contributed by atoms with Gasteiger partial charge >= 0.3 is 0 Å². The van der Waals surface area contributed by atoms with E-state index in [0.717, 1.165) is 42.6 Å². The highest BCUT2D eigenvalue weighted by Gasteiger charge is 2.31. The summed E-state index contributed by atoms with van der Waals surface area (Å²) in [6, 6.07) is 1.86. The van der Waals surface area contributed by atoms with Crippen LogP contribution in [-0.2, 0) is 19.6 Å². The zero-order valence-electron chi connectivity index (χ0n) is 17.1. The van der Waals surface area contributed by atoms with Crippen LogP contribution in [0.1, 0.15) is 32.1 Å². The van der Waals surface area contributed by atoms with Crippen molar-refractivity contribution in [3.8, 4) is 0 Å². The van der Waals surface area contributed by atoms with Gasteiger partial charge in [0.25, 0.3) is 0 Å². The van der Waals surface area contributed by atoms with Gasteiger partial charge in [-0.1, -0.05) is 0 Å². The highest BCUT2D eigenvalue weighted by Crippen LogP contribution is 2.21. The average Bonchev–Trinajstić information content (AvgIpc) is 3.29. The van der Waals surface area contributed by atoms with Crippen molar-refractivity contribution in [3.05, 3.63) is 12.3 Å². The Morgan fingerprint density at radius 2 is 1.53 bits per heavy atom. The fourth-order valence-corrected chi connectivity index (χ4v) is 5.56. The second-order valence-electron chi connectivity index (χ2n) is 7.90. The number of sulfonamides is 1. The van der Waals surface area contributed by atoms with E-state index in [-0.39, 0.29) is 24.1 Å². The number of anilines is 2. The van der Waals surface area contributed by atoms with Crippen molar-refractivity contribution in [2.45, 2.75) is 32.1 Å². The smallest absolute Gasteiger partial charge is 0.229 e. The monoisotopic (exact) mass is 436 g/mol. The van der Waals surface area contributed by atoms with Crippen molar-refractivity contribution >= 4 is 33.6 Å². The van der Waals surface area contributed by atoms with Gasteiger partial charge in [0.1, 0.15) is 5.82 Å². The molecule has 11 heteroatoms. The molecule has 3 saturated heterocycles. The van der Waals surface area contributed by atoms with Crippen LogP contribution in [0.25, 0.3) is 0 Å². The zero-order chi connectivity index (χ0) is 21.1. The standard InChI is InChI=1S/C19H28N6O4S/c26-17-4-3-5-18(27)25(17)14-15-30(28,29)24-12-10-22(11-13-24)16-6-7-20-19(21-16)23-8-1-2-9-23/h6-7H,1-5,8-15H2. The highest BCUT2D eigenvalue weighted by atomic mass is 32.2. The molecule has 3 fully saturated rings. The van der Waals surface area contributed by atoms with Gasteiger partial charge in [0.15, 0.2) is 0 Å². The number of hydrogen-bond donors (Lipinski definition) is 0. The summed E-state index contributed by atoms with van der Waals surface area (Å²) >= 11 is 0. The number of piperazine rings is 1. The van der Waals surface area contributed by atoms with Gasteiger partial charge in [0.05, 0.1) is 5.75 Å². The Balaban J connectivity index is 1.33. The topological polar surface area (TPSA) is 107 Å². The molecular weight excluding hydrogens is 408 g/mol. The van der Waals surface area contributed by atoms with Crippen LogP contribution >= 0.6 is 0 Å². The molecule has 0 spiro atoms. The third kappa shape index (κ3) is 4.56. The lowest BCUT2D eigenvalue weighted by Crippen LogP contribution is -2.51. The second kappa shape index (κ2) is 8.84. The van der Waals surface area contributed by atoms with Gasteiger partial charge in [0, 0.05) is 64.9 Å². The number of hydrogen-bond acceptors (Lipinski definition) is 8. The normalized spacial score (nSPS) is 21.5. The largest absolute Gasteiger partial charge is 0.354 e. The molecule has 3 aliphatic rings. The van der Waals surface area contributed by atoms with Crippen LogP contribution in [0, 0.1) is 0 Å². The second-order valence-corrected chi connectivity index (χ2v) is 9.99. The van der Waals surface area contributed by atoms with E-state index < -0.39 is 10.0 Å². The minimum Gasteiger partial charge on any atom is -0.354 e. The summed E-state index contributed by atoms with van der Waals surface area (Å²) in [4.78, 5) is 38.2. The first-order chi connectivity index (χ1) is 14.4. The summed E-state index contributed by atoms with van der Waals surface area (Å²) in [5, 5.41) is 0. The molecule has 4 heterocycles. The van der Waals surface area contributed by atoms with Gasteiger partial charge in [-0.15, -0.1) is 0 Å². The van der Waals surface area contributed by atoms with Crippen LogP contribution in [0.2, 0.25) is 0 Å². The van der Waals surface area contributed by atoms with Gasteiger partial charge < -0.3 is 9.80 Å². The van der Waals surface area contributed by atoms with Crippen molar-refractivity contribution < 1.29 is 18.0 Å². The zero-order valence-corrected chi connectivity index (χ0v) is 17.9. The third-order valence-corrected chi connectivity index (χ3v) is 7.78. The lowest BCUT2D eigenvalue weighted by molar-refractivity contribution is -0.147. The first kappa shape index (κ1) is 21.0. The molecule has 4 rings (SSSR count). The Morgan fingerprint density at radius 1 is 0.867 bits per heavy atom. The molecule has 0 aromatic carbocycles. The maximum Gasteiger partial charge on any atom is 0.229 e. The molecule has 2 amide bonds. The fourth-order valence-electron chi connectivity index (χ4n) is 4.17.